The smallest absolute Gasteiger partial charge is 0.388 e. The van der Waals surface area contributed by atoms with Gasteiger partial charge in [0, 0.05) is 28.2 Å². The summed E-state index contributed by atoms with van der Waals surface area (Å²) in [6, 6.07) is 2.80. The van der Waals surface area contributed by atoms with Crippen LogP contribution in [0.4, 0.5) is 13.6 Å². The molecule has 0 radical (unpaired) electrons. The van der Waals surface area contributed by atoms with Gasteiger partial charge in [-0.05, 0) is 48.6 Å². The summed E-state index contributed by atoms with van der Waals surface area (Å²) in [7, 11) is 0. The van der Waals surface area contributed by atoms with E-state index in [9.17, 15) is 13.6 Å². The fraction of sp³-hybridized carbons (Fsp3) is 0.600. The minimum absolute atomic E-state index is 0. The highest BCUT2D eigenvalue weighted by Gasteiger charge is 2.53. The van der Waals surface area contributed by atoms with E-state index in [-0.39, 0.29) is 21.3 Å². The van der Waals surface area contributed by atoms with E-state index in [2.05, 4.69) is 20.4 Å². The summed E-state index contributed by atoms with van der Waals surface area (Å²) in [6.07, 6.45) is 6.35. The van der Waals surface area contributed by atoms with Crippen LogP contribution in [0.2, 0.25) is 0 Å². The Labute approximate surface area is 130 Å². The molecule has 3 rings (SSSR count). The van der Waals surface area contributed by atoms with Gasteiger partial charge < -0.3 is 15.4 Å². The van der Waals surface area contributed by atoms with Crippen LogP contribution in [0.3, 0.4) is 0 Å². The minimum Gasteiger partial charge on any atom is -0.417 e. The van der Waals surface area contributed by atoms with Gasteiger partial charge in [0.05, 0.1) is 0 Å². The largest absolute Gasteiger partial charge is 0.417 e. The number of pyridine rings is 1. The Hall–Kier alpha value is -1.92. The van der Waals surface area contributed by atoms with E-state index < -0.39 is 6.61 Å². The van der Waals surface area contributed by atoms with Gasteiger partial charge in [-0.2, -0.15) is 8.78 Å². The van der Waals surface area contributed by atoms with Gasteiger partial charge in [-0.3, -0.25) is 0 Å². The van der Waals surface area contributed by atoms with Gasteiger partial charge in [0.25, 0.3) is 0 Å². The second-order valence-corrected chi connectivity index (χ2v) is 6.05. The molecule has 0 bridgehead atoms. The summed E-state index contributed by atoms with van der Waals surface area (Å²) in [5, 5.41) is 5.63. The molecule has 0 atom stereocenters. The number of aromatic nitrogens is 1. The molecule has 2 saturated carbocycles. The summed E-state index contributed by atoms with van der Waals surface area (Å²) in [6.45, 7) is -1.94. The number of hydrogen-bond acceptors (Lipinski definition) is 3. The van der Waals surface area contributed by atoms with E-state index in [0.29, 0.717) is 11.0 Å². The third-order valence-electron chi connectivity index (χ3n) is 4.91. The highest BCUT2D eigenvalue weighted by atomic mass is 19.3. The van der Waals surface area contributed by atoms with Gasteiger partial charge in [0.2, 0.25) is 5.88 Å². The van der Waals surface area contributed by atoms with Crippen LogP contribution in [0.5, 0.6) is 5.88 Å². The minimum atomic E-state index is -2.91. The molecule has 0 saturated heterocycles. The second-order valence-electron chi connectivity index (χ2n) is 6.05. The molecule has 2 N–H and O–H groups in total. The molecule has 2 amide bonds. The van der Waals surface area contributed by atoms with Crippen LogP contribution < -0.4 is 15.4 Å². The molecule has 2 fully saturated rings. The van der Waals surface area contributed by atoms with E-state index >= 15 is 0 Å². The molecule has 2 aliphatic rings. The number of halogens is 2. The average Bonchev–Trinajstić information content (AvgIpc) is 2.47. The molecular formula is C15H23F2N3O2. The number of alkyl halides is 2. The molecule has 1 heterocycles. The molecular weight excluding hydrogens is 292 g/mol. The molecule has 5 nitrogen and oxygen atoms in total. The van der Waals surface area contributed by atoms with Crippen LogP contribution in [-0.4, -0.2) is 24.2 Å². The lowest BCUT2D eigenvalue weighted by Gasteiger charge is -2.58. The van der Waals surface area contributed by atoms with Crippen molar-refractivity contribution in [2.45, 2.75) is 38.8 Å². The zero-order valence-corrected chi connectivity index (χ0v) is 12.1. The monoisotopic (exact) mass is 315 g/mol. The van der Waals surface area contributed by atoms with Gasteiger partial charge >= 0.3 is 12.6 Å². The Morgan fingerprint density at radius 1 is 1.45 bits per heavy atom. The SMILES string of the molecule is O=C(NCc1ccnc(OC(F)F)c1)NCC12CCC1CC2.[HH].[HH]. The maximum absolute atomic E-state index is 12.1. The van der Waals surface area contributed by atoms with Gasteiger partial charge in [-0.15, -0.1) is 0 Å². The number of carbonyl (C=O) groups is 1. The number of fused-ring (bicyclic) bond motifs is 1. The average molecular weight is 315 g/mol. The lowest BCUT2D eigenvalue weighted by atomic mass is 9.48. The Morgan fingerprint density at radius 3 is 2.82 bits per heavy atom. The maximum Gasteiger partial charge on any atom is 0.388 e. The Balaban J connectivity index is 0.00000144. The summed E-state index contributed by atoms with van der Waals surface area (Å²) in [4.78, 5) is 15.5. The number of amides is 2. The number of urea groups is 1. The van der Waals surface area contributed by atoms with Crippen molar-refractivity contribution in [2.24, 2.45) is 11.3 Å². The Bertz CT molecular complexity index is 555. The molecule has 0 spiro atoms. The molecule has 1 aromatic rings. The standard InChI is InChI=1S/C15H19F2N3O2.2H2/c16-13(17)22-12-7-10(3-6-18-12)8-19-14(21)20-9-15-4-1-11(15)2-5-15;;/h3,6-7,11,13H,1-2,4-5,8-9H2,(H2,19,20,21);2*1H. The molecule has 7 heteroatoms. The zero-order valence-electron chi connectivity index (χ0n) is 12.1. The summed E-state index contributed by atoms with van der Waals surface area (Å²) in [5.41, 5.74) is 1.01. The van der Waals surface area contributed by atoms with Crippen LogP contribution in [0.1, 0.15) is 34.1 Å². The van der Waals surface area contributed by atoms with Gasteiger partial charge in [-0.1, -0.05) is 0 Å². The van der Waals surface area contributed by atoms with E-state index in [4.69, 9.17) is 0 Å². The summed E-state index contributed by atoms with van der Waals surface area (Å²) in [5.74, 6) is 0.641. The first kappa shape index (κ1) is 15.0. The van der Waals surface area contributed by atoms with Crippen molar-refractivity contribution in [1.82, 2.24) is 15.6 Å². The molecule has 22 heavy (non-hydrogen) atoms. The van der Waals surface area contributed by atoms with Gasteiger partial charge in [0.1, 0.15) is 0 Å². The number of nitrogens with zero attached hydrogens (tertiary/aromatic N) is 1. The van der Waals surface area contributed by atoms with Crippen molar-refractivity contribution in [3.63, 3.8) is 0 Å². The third kappa shape index (κ3) is 3.13. The summed E-state index contributed by atoms with van der Waals surface area (Å²) < 4.78 is 28.4. The van der Waals surface area contributed by atoms with Crippen LogP contribution in [-0.2, 0) is 6.54 Å². The van der Waals surface area contributed by atoms with E-state index in [1.54, 1.807) is 6.07 Å². The van der Waals surface area contributed by atoms with Crippen molar-refractivity contribution < 1.29 is 21.2 Å². The molecule has 0 aliphatic heterocycles. The number of hydrogen-bond donors (Lipinski definition) is 2. The van der Waals surface area contributed by atoms with Gasteiger partial charge in [-0.25, -0.2) is 9.78 Å². The van der Waals surface area contributed by atoms with Crippen LogP contribution in [0.25, 0.3) is 0 Å². The highest BCUT2D eigenvalue weighted by Crippen LogP contribution is 2.60. The van der Waals surface area contributed by atoms with Crippen LogP contribution >= 0.6 is 0 Å². The Morgan fingerprint density at radius 2 is 2.23 bits per heavy atom. The molecule has 1 aromatic heterocycles. The number of rotatable bonds is 6. The van der Waals surface area contributed by atoms with Gasteiger partial charge in [0.15, 0.2) is 0 Å². The topological polar surface area (TPSA) is 63.2 Å². The van der Waals surface area contributed by atoms with E-state index in [0.717, 1.165) is 12.5 Å². The Kier molecular flexibility index (Phi) is 4.13. The van der Waals surface area contributed by atoms with Crippen LogP contribution in [0, 0.1) is 11.3 Å². The van der Waals surface area contributed by atoms with E-state index in [1.165, 1.54) is 37.9 Å². The lowest BCUT2D eigenvalue weighted by molar-refractivity contribution is -0.0695. The molecule has 124 valence electrons. The molecule has 2 aliphatic carbocycles. The van der Waals surface area contributed by atoms with Crippen molar-refractivity contribution in [3.8, 4) is 5.88 Å². The first-order valence-electron chi connectivity index (χ1n) is 7.49. The predicted octanol–water partition coefficient (Wildman–Crippen LogP) is 3.16. The number of carbonyl (C=O) groups excluding carboxylic acids is 1. The zero-order chi connectivity index (χ0) is 15.6. The van der Waals surface area contributed by atoms with Crippen molar-refractivity contribution in [2.75, 3.05) is 6.54 Å². The molecule has 0 aromatic carbocycles. The predicted molar refractivity (Wildman–Crippen MR) is 79.7 cm³/mol. The quantitative estimate of drug-likeness (QED) is 0.847. The third-order valence-corrected chi connectivity index (χ3v) is 4.91. The summed E-state index contributed by atoms with van der Waals surface area (Å²) >= 11 is 0. The fourth-order valence-corrected chi connectivity index (χ4v) is 3.32. The second kappa shape index (κ2) is 6.06. The van der Waals surface area contributed by atoms with Crippen LogP contribution in [0.15, 0.2) is 18.3 Å². The number of ether oxygens (including phenoxy) is 1. The van der Waals surface area contributed by atoms with Crippen molar-refractivity contribution in [1.29, 1.82) is 0 Å². The first-order chi connectivity index (χ1) is 10.6. The van der Waals surface area contributed by atoms with E-state index in [1.807, 2.05) is 0 Å². The fourth-order valence-electron chi connectivity index (χ4n) is 3.32. The highest BCUT2D eigenvalue weighted by molar-refractivity contribution is 5.73. The maximum atomic E-state index is 12.1. The molecule has 0 unspecified atom stereocenters. The van der Waals surface area contributed by atoms with Crippen molar-refractivity contribution >= 4 is 6.03 Å². The van der Waals surface area contributed by atoms with Crippen molar-refractivity contribution in [3.05, 3.63) is 23.9 Å². The first-order valence-corrected chi connectivity index (χ1v) is 7.49. The number of nitrogens with one attached hydrogen (secondary N) is 2. The normalized spacial score (nSPS) is 25.7. The lowest BCUT2D eigenvalue weighted by Crippen LogP contribution is -2.56.